The van der Waals surface area contributed by atoms with Gasteiger partial charge < -0.3 is 23.5 Å². The van der Waals surface area contributed by atoms with Crippen LogP contribution in [0.5, 0.6) is 5.75 Å². The Morgan fingerprint density at radius 3 is 2.75 bits per heavy atom. The summed E-state index contributed by atoms with van der Waals surface area (Å²) in [4.78, 5) is 34.0. The van der Waals surface area contributed by atoms with E-state index in [2.05, 4.69) is 9.89 Å². The van der Waals surface area contributed by atoms with Crippen molar-refractivity contribution < 1.29 is 23.4 Å². The van der Waals surface area contributed by atoms with Gasteiger partial charge in [0.25, 0.3) is 5.56 Å². The molecule has 1 atom stereocenters. The van der Waals surface area contributed by atoms with Gasteiger partial charge in [-0.3, -0.25) is 9.36 Å². The van der Waals surface area contributed by atoms with Crippen molar-refractivity contribution in [2.75, 3.05) is 44.9 Å². The Morgan fingerprint density at radius 1 is 1.22 bits per heavy atom. The van der Waals surface area contributed by atoms with Crippen LogP contribution in [0.4, 0.5) is 5.88 Å². The Morgan fingerprint density at radius 2 is 2.00 bits per heavy atom. The zero-order valence-electron chi connectivity index (χ0n) is 20.4. The number of anilines is 1. The minimum atomic E-state index is -0.737. The van der Waals surface area contributed by atoms with Crippen LogP contribution in [0.15, 0.2) is 61.9 Å². The van der Waals surface area contributed by atoms with Gasteiger partial charge in [-0.2, -0.15) is 0 Å². The molecule has 2 aromatic heterocycles. The van der Waals surface area contributed by atoms with E-state index in [1.54, 1.807) is 37.7 Å². The normalized spacial score (nSPS) is 18.1. The van der Waals surface area contributed by atoms with Gasteiger partial charge in [-0.05, 0) is 26.0 Å². The first-order valence-electron chi connectivity index (χ1n) is 11.8. The van der Waals surface area contributed by atoms with Crippen LogP contribution in [0.1, 0.15) is 31.2 Å². The van der Waals surface area contributed by atoms with Crippen LogP contribution in [-0.4, -0.2) is 50.6 Å². The van der Waals surface area contributed by atoms with Crippen LogP contribution in [0.25, 0.3) is 6.08 Å². The van der Waals surface area contributed by atoms with Crippen LogP contribution in [0.2, 0.25) is 0 Å². The fraction of sp³-hybridized carbons (Fsp3) is 0.346. The smallest absolute Gasteiger partial charge is 0.338 e. The van der Waals surface area contributed by atoms with Gasteiger partial charge in [0.05, 0.1) is 42.7 Å². The Kier molecular flexibility index (Phi) is 6.80. The molecule has 1 fully saturated rings. The third-order valence-electron chi connectivity index (χ3n) is 6.16. The molecule has 0 amide bonds. The Labute approximate surface area is 211 Å². The molecule has 1 unspecified atom stereocenters. The fourth-order valence-electron chi connectivity index (χ4n) is 4.48. The minimum absolute atomic E-state index is 0.211. The van der Waals surface area contributed by atoms with Crippen molar-refractivity contribution in [3.05, 3.63) is 78.7 Å². The van der Waals surface area contributed by atoms with E-state index in [0.717, 1.165) is 19.0 Å². The maximum atomic E-state index is 13.7. The van der Waals surface area contributed by atoms with E-state index >= 15 is 0 Å². The van der Waals surface area contributed by atoms with Gasteiger partial charge in [0.2, 0.25) is 0 Å². The molecule has 5 rings (SSSR count). The first-order valence-corrected chi connectivity index (χ1v) is 12.6. The highest BCUT2D eigenvalue weighted by molar-refractivity contribution is 7.07. The number of benzene rings is 1. The topological polar surface area (TPSA) is 95.5 Å². The van der Waals surface area contributed by atoms with E-state index in [0.29, 0.717) is 50.9 Å². The van der Waals surface area contributed by atoms with Gasteiger partial charge >= 0.3 is 5.97 Å². The SMILES string of the molecule is CCOC(=O)C1=C(C)N=c2s/c(=C/c3ccc(N4CCOCC4)o3)c(=O)n2C1c1ccccc1OC. The molecular formula is C26H27N3O6S. The van der Waals surface area contributed by atoms with Crippen molar-refractivity contribution in [2.45, 2.75) is 19.9 Å². The number of fused-ring (bicyclic) bond motifs is 1. The summed E-state index contributed by atoms with van der Waals surface area (Å²) in [6.07, 6.45) is 1.72. The number of hydrogen-bond donors (Lipinski definition) is 0. The summed E-state index contributed by atoms with van der Waals surface area (Å²) in [7, 11) is 1.56. The van der Waals surface area contributed by atoms with Gasteiger partial charge in [0.1, 0.15) is 17.6 Å². The lowest BCUT2D eigenvalue weighted by molar-refractivity contribution is -0.139. The number of morpholine rings is 1. The van der Waals surface area contributed by atoms with Crippen molar-refractivity contribution in [2.24, 2.45) is 4.99 Å². The number of ether oxygens (including phenoxy) is 3. The first kappa shape index (κ1) is 24.1. The monoisotopic (exact) mass is 509 g/mol. The molecule has 0 N–H and O–H groups in total. The Balaban J connectivity index is 1.63. The number of nitrogens with zero attached hydrogens (tertiary/aromatic N) is 3. The van der Waals surface area contributed by atoms with Gasteiger partial charge in [0.15, 0.2) is 10.7 Å². The van der Waals surface area contributed by atoms with Crippen LogP contribution >= 0.6 is 11.3 Å². The number of hydrogen-bond acceptors (Lipinski definition) is 9. The second kappa shape index (κ2) is 10.2. The maximum Gasteiger partial charge on any atom is 0.338 e. The summed E-state index contributed by atoms with van der Waals surface area (Å²) < 4.78 is 24.4. The molecule has 188 valence electrons. The van der Waals surface area contributed by atoms with Crippen LogP contribution in [-0.2, 0) is 14.3 Å². The molecule has 0 spiro atoms. The minimum Gasteiger partial charge on any atom is -0.496 e. The lowest BCUT2D eigenvalue weighted by Gasteiger charge is -2.26. The highest BCUT2D eigenvalue weighted by Gasteiger charge is 2.35. The lowest BCUT2D eigenvalue weighted by Crippen LogP contribution is -2.40. The maximum absolute atomic E-state index is 13.7. The number of methoxy groups -OCH3 is 1. The number of esters is 1. The Hall–Kier alpha value is -3.63. The average Bonchev–Trinajstić information content (AvgIpc) is 3.48. The zero-order valence-corrected chi connectivity index (χ0v) is 21.2. The van der Waals surface area contributed by atoms with E-state index in [-0.39, 0.29) is 12.2 Å². The molecule has 36 heavy (non-hydrogen) atoms. The second-order valence-corrected chi connectivity index (χ2v) is 9.33. The lowest BCUT2D eigenvalue weighted by atomic mass is 9.95. The molecule has 3 aromatic rings. The molecule has 1 saturated heterocycles. The molecule has 2 aliphatic heterocycles. The van der Waals surface area contributed by atoms with Crippen molar-refractivity contribution >= 4 is 29.3 Å². The summed E-state index contributed by atoms with van der Waals surface area (Å²) in [6, 6.07) is 10.3. The molecule has 2 aliphatic rings. The number of carbonyl (C=O) groups excluding carboxylic acids is 1. The summed E-state index contributed by atoms with van der Waals surface area (Å²) >= 11 is 1.25. The van der Waals surface area contributed by atoms with Gasteiger partial charge in [0, 0.05) is 30.8 Å². The number of rotatable bonds is 6. The first-order chi connectivity index (χ1) is 17.5. The largest absolute Gasteiger partial charge is 0.496 e. The Bertz CT molecular complexity index is 1490. The van der Waals surface area contributed by atoms with Gasteiger partial charge in [-0.15, -0.1) is 0 Å². The van der Waals surface area contributed by atoms with E-state index < -0.39 is 12.0 Å². The standard InChI is InChI=1S/C26H27N3O6S/c1-4-34-25(31)22-16(2)27-26-29(23(22)18-7-5-6-8-19(18)32-3)24(30)20(36-26)15-17-9-10-21(35-17)28-11-13-33-14-12-28/h5-10,15,23H,4,11-14H2,1-3H3/b20-15+. The van der Waals surface area contributed by atoms with Crippen LogP contribution in [0, 0.1) is 0 Å². The van der Waals surface area contributed by atoms with Crippen molar-refractivity contribution in [3.63, 3.8) is 0 Å². The van der Waals surface area contributed by atoms with E-state index in [1.807, 2.05) is 30.3 Å². The molecular weight excluding hydrogens is 482 g/mol. The highest BCUT2D eigenvalue weighted by Crippen LogP contribution is 2.35. The van der Waals surface area contributed by atoms with Crippen molar-refractivity contribution in [1.82, 2.24) is 4.57 Å². The summed E-state index contributed by atoms with van der Waals surface area (Å²) in [5.41, 5.74) is 1.23. The van der Waals surface area contributed by atoms with Crippen molar-refractivity contribution in [3.8, 4) is 5.75 Å². The van der Waals surface area contributed by atoms with Gasteiger partial charge in [-0.1, -0.05) is 29.5 Å². The number of carbonyl (C=O) groups is 1. The van der Waals surface area contributed by atoms with E-state index in [9.17, 15) is 9.59 Å². The number of aromatic nitrogens is 1. The summed E-state index contributed by atoms with van der Waals surface area (Å²) in [5.74, 6) is 1.36. The van der Waals surface area contributed by atoms with Crippen LogP contribution < -0.4 is 24.5 Å². The van der Waals surface area contributed by atoms with Crippen molar-refractivity contribution in [1.29, 1.82) is 0 Å². The second-order valence-electron chi connectivity index (χ2n) is 8.32. The third-order valence-corrected chi connectivity index (χ3v) is 7.14. The quantitative estimate of drug-likeness (QED) is 0.471. The van der Waals surface area contributed by atoms with Crippen LogP contribution in [0.3, 0.4) is 0 Å². The number of allylic oxidation sites excluding steroid dienone is 1. The average molecular weight is 510 g/mol. The molecule has 4 heterocycles. The predicted molar refractivity (Wildman–Crippen MR) is 135 cm³/mol. The molecule has 10 heteroatoms. The molecule has 0 bridgehead atoms. The molecule has 0 aliphatic carbocycles. The molecule has 1 aromatic carbocycles. The molecule has 0 radical (unpaired) electrons. The summed E-state index contributed by atoms with van der Waals surface area (Å²) in [5, 5.41) is 0. The molecule has 0 saturated carbocycles. The van der Waals surface area contributed by atoms with E-state index in [1.165, 1.54) is 11.3 Å². The van der Waals surface area contributed by atoms with E-state index in [4.69, 9.17) is 18.6 Å². The van der Waals surface area contributed by atoms with Gasteiger partial charge in [-0.25, -0.2) is 9.79 Å². The highest BCUT2D eigenvalue weighted by atomic mass is 32.1. The predicted octanol–water partition coefficient (Wildman–Crippen LogP) is 2.24. The number of thiazole rings is 1. The fourth-order valence-corrected chi connectivity index (χ4v) is 5.51. The zero-order chi connectivity index (χ0) is 25.2. The number of para-hydroxylation sites is 1. The molecule has 9 nitrogen and oxygen atoms in total. The summed E-state index contributed by atoms with van der Waals surface area (Å²) in [6.45, 7) is 6.53. The number of furan rings is 1. The third kappa shape index (κ3) is 4.38.